The number of pyridine rings is 1. The van der Waals surface area contributed by atoms with E-state index >= 15 is 0 Å². The van der Waals surface area contributed by atoms with Crippen molar-refractivity contribution in [2.45, 2.75) is 44.8 Å². The van der Waals surface area contributed by atoms with Gasteiger partial charge >= 0.3 is 0 Å². The van der Waals surface area contributed by atoms with Crippen molar-refractivity contribution in [3.63, 3.8) is 0 Å². The predicted molar refractivity (Wildman–Crippen MR) is 67.2 cm³/mol. The summed E-state index contributed by atoms with van der Waals surface area (Å²) in [6.07, 6.45) is 7.07. The van der Waals surface area contributed by atoms with Crippen LogP contribution in [0.3, 0.4) is 0 Å². The van der Waals surface area contributed by atoms with Crippen LogP contribution in [-0.4, -0.2) is 34.6 Å². The molecule has 0 atom stereocenters. The molecule has 0 amide bonds. The first-order chi connectivity index (χ1) is 8.19. The van der Waals surface area contributed by atoms with Gasteiger partial charge in [-0.2, -0.15) is 0 Å². The van der Waals surface area contributed by atoms with Crippen molar-refractivity contribution in [1.82, 2.24) is 9.88 Å². The van der Waals surface area contributed by atoms with Gasteiger partial charge in [0.1, 0.15) is 11.4 Å². The second-order valence-electron chi connectivity index (χ2n) is 5.57. The Labute approximate surface area is 103 Å². The smallest absolute Gasteiger partial charge is 0.141 e. The van der Waals surface area contributed by atoms with Crippen LogP contribution in [0.1, 0.15) is 32.3 Å². The fourth-order valence-corrected chi connectivity index (χ4v) is 2.99. The molecule has 0 bridgehead atoms. The van der Waals surface area contributed by atoms with E-state index in [9.17, 15) is 0 Å². The van der Waals surface area contributed by atoms with E-state index in [4.69, 9.17) is 4.74 Å². The van der Waals surface area contributed by atoms with Crippen LogP contribution in [0, 0.1) is 0 Å². The summed E-state index contributed by atoms with van der Waals surface area (Å²) in [6, 6.07) is 2.75. The molecule has 1 fully saturated rings. The van der Waals surface area contributed by atoms with Gasteiger partial charge in [0.05, 0.1) is 6.20 Å². The summed E-state index contributed by atoms with van der Waals surface area (Å²) < 4.78 is 6.17. The van der Waals surface area contributed by atoms with Crippen molar-refractivity contribution in [3.8, 4) is 5.75 Å². The van der Waals surface area contributed by atoms with Gasteiger partial charge in [0.25, 0.3) is 0 Å². The number of nitrogens with zero attached hydrogens (tertiary/aromatic N) is 2. The van der Waals surface area contributed by atoms with Crippen LogP contribution in [0.5, 0.6) is 5.75 Å². The standard InChI is InChI=1S/C14H20N2O/c1-11(2)16-7-4-14(5-8-16)9-12-3-6-15-10-13(12)17-14/h3,6,10-11H,4-5,7-9H2,1-2H3. The minimum atomic E-state index is 0.0662. The molecule has 0 radical (unpaired) electrons. The average Bonchev–Trinajstić information content (AvgIpc) is 2.67. The van der Waals surface area contributed by atoms with Crippen molar-refractivity contribution in [1.29, 1.82) is 0 Å². The predicted octanol–water partition coefficient (Wildman–Crippen LogP) is 2.26. The zero-order chi connectivity index (χ0) is 11.9. The highest BCUT2D eigenvalue weighted by atomic mass is 16.5. The monoisotopic (exact) mass is 232 g/mol. The topological polar surface area (TPSA) is 25.4 Å². The lowest BCUT2D eigenvalue weighted by Crippen LogP contribution is -2.49. The summed E-state index contributed by atoms with van der Waals surface area (Å²) in [4.78, 5) is 6.68. The second kappa shape index (κ2) is 3.98. The maximum Gasteiger partial charge on any atom is 0.141 e. The molecule has 92 valence electrons. The van der Waals surface area contributed by atoms with E-state index in [0.29, 0.717) is 6.04 Å². The van der Waals surface area contributed by atoms with Crippen LogP contribution in [0.25, 0.3) is 0 Å². The summed E-state index contributed by atoms with van der Waals surface area (Å²) in [7, 11) is 0. The first-order valence-corrected chi connectivity index (χ1v) is 6.54. The lowest BCUT2D eigenvalue weighted by atomic mass is 9.87. The molecule has 3 heteroatoms. The molecular weight excluding hydrogens is 212 g/mol. The number of likely N-dealkylation sites (tertiary alicyclic amines) is 1. The minimum absolute atomic E-state index is 0.0662. The number of piperidine rings is 1. The number of hydrogen-bond donors (Lipinski definition) is 0. The van der Waals surface area contributed by atoms with Crippen LogP contribution in [0.2, 0.25) is 0 Å². The van der Waals surface area contributed by atoms with Gasteiger partial charge in [0, 0.05) is 50.2 Å². The van der Waals surface area contributed by atoms with Crippen LogP contribution in [0.15, 0.2) is 18.5 Å². The van der Waals surface area contributed by atoms with Crippen molar-refractivity contribution in [2.75, 3.05) is 13.1 Å². The Morgan fingerprint density at radius 1 is 1.35 bits per heavy atom. The number of ether oxygens (including phenoxy) is 1. The van der Waals surface area contributed by atoms with Gasteiger partial charge in [-0.05, 0) is 19.9 Å². The highest BCUT2D eigenvalue weighted by Gasteiger charge is 2.42. The van der Waals surface area contributed by atoms with E-state index in [1.54, 1.807) is 0 Å². The molecule has 2 aliphatic heterocycles. The van der Waals surface area contributed by atoms with E-state index in [0.717, 1.165) is 38.1 Å². The average molecular weight is 232 g/mol. The van der Waals surface area contributed by atoms with Gasteiger partial charge in [0.2, 0.25) is 0 Å². The molecule has 1 saturated heterocycles. The van der Waals surface area contributed by atoms with Crippen molar-refractivity contribution < 1.29 is 4.74 Å². The van der Waals surface area contributed by atoms with Crippen LogP contribution in [-0.2, 0) is 6.42 Å². The fraction of sp³-hybridized carbons (Fsp3) is 0.643. The van der Waals surface area contributed by atoms with E-state index < -0.39 is 0 Å². The molecule has 0 aromatic carbocycles. The molecule has 1 spiro atoms. The van der Waals surface area contributed by atoms with Gasteiger partial charge in [-0.3, -0.25) is 4.98 Å². The molecule has 0 saturated carbocycles. The summed E-state index contributed by atoms with van der Waals surface area (Å²) in [5, 5.41) is 0. The lowest BCUT2D eigenvalue weighted by molar-refractivity contribution is 0.0102. The summed E-state index contributed by atoms with van der Waals surface area (Å²) in [5.41, 5.74) is 1.40. The Morgan fingerprint density at radius 3 is 2.76 bits per heavy atom. The first kappa shape index (κ1) is 11.0. The highest BCUT2D eigenvalue weighted by Crippen LogP contribution is 2.40. The molecule has 0 aliphatic carbocycles. The second-order valence-corrected chi connectivity index (χ2v) is 5.57. The van der Waals surface area contributed by atoms with Crippen LogP contribution < -0.4 is 4.74 Å². The zero-order valence-corrected chi connectivity index (χ0v) is 10.6. The van der Waals surface area contributed by atoms with Crippen LogP contribution in [0.4, 0.5) is 0 Å². The Hall–Kier alpha value is -1.09. The van der Waals surface area contributed by atoms with E-state index in [1.807, 2.05) is 12.4 Å². The SMILES string of the molecule is CC(C)N1CCC2(CC1)Cc1ccncc1O2. The van der Waals surface area contributed by atoms with Crippen molar-refractivity contribution >= 4 is 0 Å². The lowest BCUT2D eigenvalue weighted by Gasteiger charge is -2.40. The quantitative estimate of drug-likeness (QED) is 0.742. The maximum atomic E-state index is 6.17. The number of aromatic nitrogens is 1. The molecule has 1 aromatic rings. The Morgan fingerprint density at radius 2 is 2.12 bits per heavy atom. The fourth-order valence-electron chi connectivity index (χ4n) is 2.99. The summed E-state index contributed by atoms with van der Waals surface area (Å²) >= 11 is 0. The first-order valence-electron chi connectivity index (χ1n) is 6.54. The molecule has 0 unspecified atom stereocenters. The van der Waals surface area contributed by atoms with Gasteiger partial charge in [-0.15, -0.1) is 0 Å². The molecule has 3 rings (SSSR count). The normalized spacial score (nSPS) is 22.8. The third kappa shape index (κ3) is 1.93. The van der Waals surface area contributed by atoms with Gasteiger partial charge < -0.3 is 9.64 Å². The van der Waals surface area contributed by atoms with Gasteiger partial charge in [0.15, 0.2) is 0 Å². The third-order valence-electron chi connectivity index (χ3n) is 4.15. The molecule has 17 heavy (non-hydrogen) atoms. The number of hydrogen-bond acceptors (Lipinski definition) is 3. The molecule has 3 heterocycles. The Balaban J connectivity index is 1.72. The Bertz CT molecular complexity index is 381. The molecular formula is C14H20N2O. The Kier molecular flexibility index (Phi) is 2.58. The van der Waals surface area contributed by atoms with E-state index in [1.165, 1.54) is 5.56 Å². The highest BCUT2D eigenvalue weighted by molar-refractivity contribution is 5.36. The zero-order valence-electron chi connectivity index (χ0n) is 10.6. The number of rotatable bonds is 1. The molecule has 3 nitrogen and oxygen atoms in total. The van der Waals surface area contributed by atoms with Crippen LogP contribution >= 0.6 is 0 Å². The van der Waals surface area contributed by atoms with Gasteiger partial charge in [-0.1, -0.05) is 0 Å². The molecule has 0 N–H and O–H groups in total. The summed E-state index contributed by atoms with van der Waals surface area (Å²) in [6.45, 7) is 6.84. The van der Waals surface area contributed by atoms with E-state index in [2.05, 4.69) is 29.8 Å². The van der Waals surface area contributed by atoms with Crippen molar-refractivity contribution in [2.24, 2.45) is 0 Å². The van der Waals surface area contributed by atoms with Crippen molar-refractivity contribution in [3.05, 3.63) is 24.0 Å². The molecule has 1 aromatic heterocycles. The third-order valence-corrected chi connectivity index (χ3v) is 4.15. The minimum Gasteiger partial charge on any atom is -0.485 e. The maximum absolute atomic E-state index is 6.17. The largest absolute Gasteiger partial charge is 0.485 e. The van der Waals surface area contributed by atoms with Gasteiger partial charge in [-0.25, -0.2) is 0 Å². The number of fused-ring (bicyclic) bond motifs is 1. The van der Waals surface area contributed by atoms with E-state index in [-0.39, 0.29) is 5.60 Å². The molecule has 2 aliphatic rings. The summed E-state index contributed by atoms with van der Waals surface area (Å²) in [5.74, 6) is 1.01.